The minimum Gasteiger partial charge on any atom is -0.321 e. The summed E-state index contributed by atoms with van der Waals surface area (Å²) in [6.45, 7) is 0. The Morgan fingerprint density at radius 2 is 2.00 bits per heavy atom. The standard InChI is InChI=1S/C10H12ClNOS/c11-8-4-1-7(2-5-8)3-6-9(12)10(13)14/h1-2,4-5,9H,3,6,12H2,(H,13,14)/t9-/m0/s1. The summed E-state index contributed by atoms with van der Waals surface area (Å²) in [6.07, 6.45) is 1.38. The molecule has 0 amide bonds. The zero-order valence-corrected chi connectivity index (χ0v) is 9.26. The van der Waals surface area contributed by atoms with Gasteiger partial charge in [0.15, 0.2) is 0 Å². The van der Waals surface area contributed by atoms with Gasteiger partial charge in [-0.05, 0) is 30.5 Å². The number of carbonyl (C=O) groups is 1. The van der Waals surface area contributed by atoms with Gasteiger partial charge in [-0.3, -0.25) is 4.79 Å². The average molecular weight is 230 g/mol. The van der Waals surface area contributed by atoms with E-state index in [1.54, 1.807) is 0 Å². The highest BCUT2D eigenvalue weighted by Crippen LogP contribution is 2.11. The highest BCUT2D eigenvalue weighted by Gasteiger charge is 2.08. The summed E-state index contributed by atoms with van der Waals surface area (Å²) in [5.41, 5.74) is 6.67. The van der Waals surface area contributed by atoms with Crippen molar-refractivity contribution in [2.24, 2.45) is 5.73 Å². The van der Waals surface area contributed by atoms with Gasteiger partial charge in [0.2, 0.25) is 5.12 Å². The molecule has 1 atom stereocenters. The van der Waals surface area contributed by atoms with Crippen LogP contribution in [0.1, 0.15) is 12.0 Å². The van der Waals surface area contributed by atoms with Crippen LogP contribution in [-0.4, -0.2) is 11.2 Å². The first-order valence-corrected chi connectivity index (χ1v) is 5.15. The van der Waals surface area contributed by atoms with E-state index in [1.165, 1.54) is 0 Å². The van der Waals surface area contributed by atoms with Gasteiger partial charge in [0.05, 0.1) is 6.04 Å². The van der Waals surface area contributed by atoms with Crippen molar-refractivity contribution in [2.45, 2.75) is 18.9 Å². The number of halogens is 1. The fraction of sp³-hybridized carbons (Fsp3) is 0.300. The summed E-state index contributed by atoms with van der Waals surface area (Å²) < 4.78 is 0. The summed E-state index contributed by atoms with van der Waals surface area (Å²) in [7, 11) is 0. The molecule has 0 bridgehead atoms. The Labute approximate surface area is 93.9 Å². The van der Waals surface area contributed by atoms with Crippen LogP contribution in [0.4, 0.5) is 0 Å². The van der Waals surface area contributed by atoms with Crippen LogP contribution >= 0.6 is 24.2 Å². The van der Waals surface area contributed by atoms with Crippen molar-refractivity contribution in [1.82, 2.24) is 0 Å². The zero-order valence-electron chi connectivity index (χ0n) is 7.61. The van der Waals surface area contributed by atoms with E-state index in [2.05, 4.69) is 12.6 Å². The predicted octanol–water partition coefficient (Wildman–Crippen LogP) is 2.06. The van der Waals surface area contributed by atoms with Crippen LogP contribution in [0.5, 0.6) is 0 Å². The normalized spacial score (nSPS) is 12.5. The van der Waals surface area contributed by atoms with Crippen molar-refractivity contribution < 1.29 is 4.79 Å². The molecule has 0 saturated carbocycles. The van der Waals surface area contributed by atoms with Gasteiger partial charge in [0, 0.05) is 5.02 Å². The molecule has 0 aliphatic carbocycles. The Hall–Kier alpha value is -0.510. The first-order chi connectivity index (χ1) is 6.59. The van der Waals surface area contributed by atoms with E-state index in [0.717, 1.165) is 12.0 Å². The first-order valence-electron chi connectivity index (χ1n) is 4.32. The number of hydrogen-bond acceptors (Lipinski definition) is 2. The summed E-state index contributed by atoms with van der Waals surface area (Å²) >= 11 is 9.40. The molecule has 0 aromatic heterocycles. The smallest absolute Gasteiger partial charge is 0.202 e. The quantitative estimate of drug-likeness (QED) is 0.777. The Balaban J connectivity index is 2.46. The lowest BCUT2D eigenvalue weighted by Gasteiger charge is -2.06. The van der Waals surface area contributed by atoms with Crippen molar-refractivity contribution in [2.75, 3.05) is 0 Å². The number of carbonyl (C=O) groups excluding carboxylic acids is 1. The number of nitrogens with two attached hydrogens (primary N) is 1. The molecule has 2 nitrogen and oxygen atoms in total. The molecule has 76 valence electrons. The van der Waals surface area contributed by atoms with Crippen LogP contribution in [0.25, 0.3) is 0 Å². The SMILES string of the molecule is N[C@@H](CCc1ccc(Cl)cc1)C(=O)S. The molecule has 0 spiro atoms. The molecule has 0 aliphatic rings. The number of hydrogen-bond donors (Lipinski definition) is 2. The fourth-order valence-electron chi connectivity index (χ4n) is 1.10. The van der Waals surface area contributed by atoms with E-state index in [-0.39, 0.29) is 5.12 Å². The highest BCUT2D eigenvalue weighted by atomic mass is 35.5. The second-order valence-electron chi connectivity index (χ2n) is 3.11. The molecule has 0 saturated heterocycles. The Bertz CT molecular complexity index is 312. The maximum absolute atomic E-state index is 10.7. The van der Waals surface area contributed by atoms with Gasteiger partial charge >= 0.3 is 0 Å². The van der Waals surface area contributed by atoms with Crippen LogP contribution in [-0.2, 0) is 11.2 Å². The second kappa shape index (κ2) is 5.39. The lowest BCUT2D eigenvalue weighted by atomic mass is 10.1. The largest absolute Gasteiger partial charge is 0.321 e. The molecule has 0 heterocycles. The van der Waals surface area contributed by atoms with Gasteiger partial charge in [-0.1, -0.05) is 23.7 Å². The highest BCUT2D eigenvalue weighted by molar-refractivity contribution is 7.96. The number of benzene rings is 1. The third-order valence-corrected chi connectivity index (χ3v) is 2.56. The Kier molecular flexibility index (Phi) is 4.45. The van der Waals surface area contributed by atoms with E-state index in [4.69, 9.17) is 17.3 Å². The van der Waals surface area contributed by atoms with Gasteiger partial charge in [-0.25, -0.2) is 0 Å². The van der Waals surface area contributed by atoms with E-state index < -0.39 is 6.04 Å². The zero-order chi connectivity index (χ0) is 10.6. The monoisotopic (exact) mass is 229 g/mol. The van der Waals surface area contributed by atoms with Crippen molar-refractivity contribution in [3.8, 4) is 0 Å². The van der Waals surface area contributed by atoms with Crippen molar-refractivity contribution >= 4 is 29.3 Å². The predicted molar refractivity (Wildman–Crippen MR) is 61.7 cm³/mol. The number of rotatable bonds is 4. The van der Waals surface area contributed by atoms with E-state index in [0.29, 0.717) is 11.4 Å². The van der Waals surface area contributed by atoms with Crippen LogP contribution in [0, 0.1) is 0 Å². The molecule has 0 radical (unpaired) electrons. The maximum atomic E-state index is 10.7. The van der Waals surface area contributed by atoms with E-state index in [9.17, 15) is 4.79 Å². The number of thiol groups is 1. The van der Waals surface area contributed by atoms with Crippen molar-refractivity contribution in [3.05, 3.63) is 34.9 Å². The molecule has 0 aliphatic heterocycles. The molecule has 0 fully saturated rings. The van der Waals surface area contributed by atoms with Gasteiger partial charge in [-0.2, -0.15) is 0 Å². The second-order valence-corrected chi connectivity index (χ2v) is 3.99. The van der Waals surface area contributed by atoms with Crippen molar-refractivity contribution in [1.29, 1.82) is 0 Å². The van der Waals surface area contributed by atoms with Crippen LogP contribution in [0.2, 0.25) is 5.02 Å². The number of aryl methyl sites for hydroxylation is 1. The Morgan fingerprint density at radius 3 is 2.50 bits per heavy atom. The van der Waals surface area contributed by atoms with E-state index in [1.807, 2.05) is 24.3 Å². The molecule has 1 aromatic rings. The molecule has 4 heteroatoms. The summed E-state index contributed by atoms with van der Waals surface area (Å²) in [5, 5.41) is 0.447. The maximum Gasteiger partial charge on any atom is 0.202 e. The minimum atomic E-state index is -0.478. The third-order valence-electron chi connectivity index (χ3n) is 1.97. The molecular weight excluding hydrogens is 218 g/mol. The molecule has 14 heavy (non-hydrogen) atoms. The fourth-order valence-corrected chi connectivity index (χ4v) is 1.35. The summed E-state index contributed by atoms with van der Waals surface area (Å²) in [5.74, 6) is 0. The average Bonchev–Trinajstić information content (AvgIpc) is 2.16. The topological polar surface area (TPSA) is 43.1 Å². The van der Waals surface area contributed by atoms with Gasteiger partial charge in [0.25, 0.3) is 0 Å². The molecular formula is C10H12ClNOS. The van der Waals surface area contributed by atoms with Crippen LogP contribution in [0.3, 0.4) is 0 Å². The van der Waals surface area contributed by atoms with Gasteiger partial charge < -0.3 is 5.73 Å². The lowest BCUT2D eigenvalue weighted by molar-refractivity contribution is -0.112. The van der Waals surface area contributed by atoms with E-state index >= 15 is 0 Å². The minimum absolute atomic E-state index is 0.265. The lowest BCUT2D eigenvalue weighted by Crippen LogP contribution is -2.27. The summed E-state index contributed by atoms with van der Waals surface area (Å²) in [6, 6.07) is 7.03. The molecule has 0 unspecified atom stereocenters. The van der Waals surface area contributed by atoms with Gasteiger partial charge in [0.1, 0.15) is 0 Å². The van der Waals surface area contributed by atoms with Crippen molar-refractivity contribution in [3.63, 3.8) is 0 Å². The van der Waals surface area contributed by atoms with Crippen LogP contribution < -0.4 is 5.73 Å². The molecule has 1 aromatic carbocycles. The molecule has 1 rings (SSSR count). The third kappa shape index (κ3) is 3.70. The van der Waals surface area contributed by atoms with Gasteiger partial charge in [-0.15, -0.1) is 12.6 Å². The summed E-state index contributed by atoms with van der Waals surface area (Å²) in [4.78, 5) is 10.7. The first kappa shape index (κ1) is 11.6. The Morgan fingerprint density at radius 1 is 1.43 bits per heavy atom. The molecule has 2 N–H and O–H groups in total. The van der Waals surface area contributed by atoms with Crippen LogP contribution in [0.15, 0.2) is 24.3 Å².